The van der Waals surface area contributed by atoms with Gasteiger partial charge in [0, 0.05) is 17.7 Å². The lowest BCUT2D eigenvalue weighted by Gasteiger charge is -2.12. The smallest absolute Gasteiger partial charge is 0.269 e. The van der Waals surface area contributed by atoms with Gasteiger partial charge in [-0.3, -0.25) is 10.1 Å². The predicted octanol–water partition coefficient (Wildman–Crippen LogP) is 2.52. The molecule has 0 saturated carbocycles. The molecule has 0 aliphatic heterocycles. The van der Waals surface area contributed by atoms with Gasteiger partial charge < -0.3 is 9.63 Å². The van der Waals surface area contributed by atoms with Gasteiger partial charge in [0.1, 0.15) is 0 Å². The average molecular weight is 277 g/mol. The molecule has 1 aromatic carbocycles. The third-order valence-electron chi connectivity index (χ3n) is 3.12. The average Bonchev–Trinajstić information content (AvgIpc) is 2.88. The first-order valence-corrected chi connectivity index (χ1v) is 6.29. The molecule has 0 aliphatic rings. The minimum Gasteiger partial charge on any atom is -0.393 e. The van der Waals surface area contributed by atoms with Crippen LogP contribution in [0.2, 0.25) is 0 Å². The second-order valence-corrected chi connectivity index (χ2v) is 4.52. The predicted molar refractivity (Wildman–Crippen MR) is 71.1 cm³/mol. The molecule has 20 heavy (non-hydrogen) atoms. The highest BCUT2D eigenvalue weighted by Gasteiger charge is 2.22. The van der Waals surface area contributed by atoms with E-state index < -0.39 is 11.0 Å². The van der Waals surface area contributed by atoms with Crippen LogP contribution in [0.5, 0.6) is 0 Å². The van der Waals surface area contributed by atoms with Gasteiger partial charge in [0.05, 0.1) is 16.9 Å². The maximum atomic E-state index is 10.6. The lowest BCUT2D eigenvalue weighted by Crippen LogP contribution is -2.13. The summed E-state index contributed by atoms with van der Waals surface area (Å²) in [5, 5.41) is 24.1. The zero-order valence-corrected chi connectivity index (χ0v) is 11.2. The summed E-state index contributed by atoms with van der Waals surface area (Å²) in [6.07, 6.45) is 0.102. The Kier molecular flexibility index (Phi) is 4.09. The van der Waals surface area contributed by atoms with E-state index in [4.69, 9.17) is 4.52 Å². The number of aliphatic hydroxyl groups excluding tert-OH is 1. The standard InChI is InChI=1S/C13H15N3O4/c1-3-11(8(2)17)13-14-12(15-20-13)9-4-6-10(7-5-9)16(18)19/h4-8,11,17H,3H2,1-2H3. The van der Waals surface area contributed by atoms with E-state index in [1.807, 2.05) is 6.92 Å². The molecule has 0 fully saturated rings. The summed E-state index contributed by atoms with van der Waals surface area (Å²) in [5.41, 5.74) is 0.638. The summed E-state index contributed by atoms with van der Waals surface area (Å²) in [5.74, 6) is 0.513. The van der Waals surface area contributed by atoms with Crippen molar-refractivity contribution in [3.63, 3.8) is 0 Å². The number of nitro benzene ring substituents is 1. The van der Waals surface area contributed by atoms with Crippen molar-refractivity contribution in [2.45, 2.75) is 32.3 Å². The second-order valence-electron chi connectivity index (χ2n) is 4.52. The van der Waals surface area contributed by atoms with Crippen molar-refractivity contribution in [2.24, 2.45) is 0 Å². The van der Waals surface area contributed by atoms with Gasteiger partial charge in [-0.15, -0.1) is 0 Å². The van der Waals surface area contributed by atoms with E-state index in [9.17, 15) is 15.2 Å². The lowest BCUT2D eigenvalue weighted by molar-refractivity contribution is -0.384. The van der Waals surface area contributed by atoms with E-state index in [1.165, 1.54) is 12.1 Å². The molecule has 0 bridgehead atoms. The van der Waals surface area contributed by atoms with E-state index >= 15 is 0 Å². The Morgan fingerprint density at radius 3 is 2.55 bits per heavy atom. The highest BCUT2D eigenvalue weighted by molar-refractivity contribution is 5.56. The van der Waals surface area contributed by atoms with Crippen molar-refractivity contribution in [1.82, 2.24) is 10.1 Å². The van der Waals surface area contributed by atoms with Crippen molar-refractivity contribution in [1.29, 1.82) is 0 Å². The molecule has 0 amide bonds. The normalized spacial score (nSPS) is 13.9. The number of aliphatic hydroxyl groups is 1. The molecule has 7 heteroatoms. The molecule has 2 rings (SSSR count). The minimum atomic E-state index is -0.579. The number of aromatic nitrogens is 2. The van der Waals surface area contributed by atoms with Crippen LogP contribution in [-0.4, -0.2) is 26.3 Å². The molecule has 0 spiro atoms. The Balaban J connectivity index is 2.26. The quantitative estimate of drug-likeness (QED) is 0.665. The maximum Gasteiger partial charge on any atom is 0.269 e. The first-order chi connectivity index (χ1) is 9.52. The largest absolute Gasteiger partial charge is 0.393 e. The Hall–Kier alpha value is -2.28. The van der Waals surface area contributed by atoms with E-state index in [0.29, 0.717) is 23.7 Å². The summed E-state index contributed by atoms with van der Waals surface area (Å²) in [4.78, 5) is 14.4. The van der Waals surface area contributed by atoms with Crippen molar-refractivity contribution >= 4 is 5.69 Å². The molecule has 2 aromatic rings. The molecule has 106 valence electrons. The van der Waals surface area contributed by atoms with Gasteiger partial charge in [0.25, 0.3) is 5.69 Å². The number of rotatable bonds is 5. The first kappa shape index (κ1) is 14.1. The molecule has 0 radical (unpaired) electrons. The van der Waals surface area contributed by atoms with Gasteiger partial charge in [0.15, 0.2) is 0 Å². The Morgan fingerprint density at radius 1 is 1.40 bits per heavy atom. The highest BCUT2D eigenvalue weighted by Crippen LogP contribution is 2.25. The van der Waals surface area contributed by atoms with Crippen molar-refractivity contribution in [2.75, 3.05) is 0 Å². The SMILES string of the molecule is CCC(c1nc(-c2ccc([N+](=O)[O-])cc2)no1)C(C)O. The summed E-state index contributed by atoms with van der Waals surface area (Å²) in [6, 6.07) is 5.90. The molecule has 1 aromatic heterocycles. The fourth-order valence-corrected chi connectivity index (χ4v) is 1.96. The fourth-order valence-electron chi connectivity index (χ4n) is 1.96. The van der Waals surface area contributed by atoms with E-state index in [-0.39, 0.29) is 11.6 Å². The molecule has 0 aliphatic carbocycles. The molecule has 2 atom stereocenters. The number of nitrogens with zero attached hydrogens (tertiary/aromatic N) is 3. The molecule has 1 heterocycles. The van der Waals surface area contributed by atoms with Crippen LogP contribution in [0.4, 0.5) is 5.69 Å². The topological polar surface area (TPSA) is 102 Å². The number of benzene rings is 1. The van der Waals surface area contributed by atoms with E-state index in [1.54, 1.807) is 19.1 Å². The molecule has 2 unspecified atom stereocenters. The van der Waals surface area contributed by atoms with Crippen LogP contribution < -0.4 is 0 Å². The van der Waals surface area contributed by atoms with Crippen LogP contribution in [0.25, 0.3) is 11.4 Å². The third kappa shape index (κ3) is 2.83. The molecular formula is C13H15N3O4. The molecular weight excluding hydrogens is 262 g/mol. The van der Waals surface area contributed by atoms with Gasteiger partial charge in [-0.1, -0.05) is 12.1 Å². The first-order valence-electron chi connectivity index (χ1n) is 6.29. The molecule has 1 N–H and O–H groups in total. The van der Waals surface area contributed by atoms with Crippen molar-refractivity contribution in [3.05, 3.63) is 40.3 Å². The van der Waals surface area contributed by atoms with Gasteiger partial charge in [-0.05, 0) is 25.5 Å². The third-order valence-corrected chi connectivity index (χ3v) is 3.12. The van der Waals surface area contributed by atoms with Crippen LogP contribution >= 0.6 is 0 Å². The Morgan fingerprint density at radius 2 is 2.05 bits per heavy atom. The van der Waals surface area contributed by atoms with Crippen LogP contribution in [0, 0.1) is 10.1 Å². The number of non-ortho nitro benzene ring substituents is 1. The van der Waals surface area contributed by atoms with Crippen LogP contribution in [-0.2, 0) is 0 Å². The fraction of sp³-hybridized carbons (Fsp3) is 0.385. The second kappa shape index (κ2) is 5.79. The number of nitro groups is 1. The monoisotopic (exact) mass is 277 g/mol. The maximum absolute atomic E-state index is 10.6. The van der Waals surface area contributed by atoms with Crippen LogP contribution in [0.15, 0.2) is 28.8 Å². The Labute approximate surface area is 115 Å². The zero-order chi connectivity index (χ0) is 14.7. The van der Waals surface area contributed by atoms with Crippen molar-refractivity contribution < 1.29 is 14.6 Å². The molecule has 7 nitrogen and oxygen atoms in total. The van der Waals surface area contributed by atoms with Gasteiger partial charge >= 0.3 is 0 Å². The van der Waals surface area contributed by atoms with Crippen molar-refractivity contribution in [3.8, 4) is 11.4 Å². The summed E-state index contributed by atoms with van der Waals surface area (Å²) < 4.78 is 5.16. The summed E-state index contributed by atoms with van der Waals surface area (Å²) in [7, 11) is 0. The van der Waals surface area contributed by atoms with Gasteiger partial charge in [-0.25, -0.2) is 0 Å². The van der Waals surface area contributed by atoms with Gasteiger partial charge in [-0.2, -0.15) is 4.98 Å². The number of hydrogen-bond acceptors (Lipinski definition) is 6. The van der Waals surface area contributed by atoms with E-state index in [2.05, 4.69) is 10.1 Å². The number of hydrogen-bond donors (Lipinski definition) is 1. The minimum absolute atomic E-state index is 0.00730. The van der Waals surface area contributed by atoms with Crippen LogP contribution in [0.1, 0.15) is 32.1 Å². The summed E-state index contributed by atoms with van der Waals surface area (Å²) >= 11 is 0. The summed E-state index contributed by atoms with van der Waals surface area (Å²) in [6.45, 7) is 3.59. The zero-order valence-electron chi connectivity index (χ0n) is 11.2. The molecule has 0 saturated heterocycles. The van der Waals surface area contributed by atoms with Crippen LogP contribution in [0.3, 0.4) is 0 Å². The van der Waals surface area contributed by atoms with Gasteiger partial charge in [0.2, 0.25) is 11.7 Å². The lowest BCUT2D eigenvalue weighted by atomic mass is 10.0. The highest BCUT2D eigenvalue weighted by atomic mass is 16.6. The van der Waals surface area contributed by atoms with E-state index in [0.717, 1.165) is 0 Å². The Bertz CT molecular complexity index is 592.